The van der Waals surface area contributed by atoms with Crippen LogP contribution >= 0.6 is 11.3 Å². The number of carbonyl (C=O) groups is 3. The quantitative estimate of drug-likeness (QED) is 0.120. The summed E-state index contributed by atoms with van der Waals surface area (Å²) >= 11 is 1.15. The smallest absolute Gasteiger partial charge is 0.280 e. The summed E-state index contributed by atoms with van der Waals surface area (Å²) in [7, 11) is 0. The maximum absolute atomic E-state index is 13.8. The van der Waals surface area contributed by atoms with Crippen molar-refractivity contribution >= 4 is 35.1 Å². The number of ketones is 1. The van der Waals surface area contributed by atoms with Crippen molar-refractivity contribution in [1.82, 2.24) is 19.9 Å². The molecule has 12 heteroatoms. The standard InChI is InChI=1S/C32H26FN5O5S/c33-25-13-11-24(12-14-25)30-35-18-27(38(21-39)43-20-23-9-5-2-6-10-23)32(42)37(30)19-28(40)36-26(17-22-7-3-1-4-8-22)29(41)31-34-15-16-44-31/h1-16,18,21,26H,17,19-20H2,(H,36,40). The first-order valence-corrected chi connectivity index (χ1v) is 14.3. The summed E-state index contributed by atoms with van der Waals surface area (Å²) in [6.45, 7) is -0.576. The number of aromatic nitrogens is 3. The Morgan fingerprint density at radius 2 is 1.66 bits per heavy atom. The van der Waals surface area contributed by atoms with E-state index in [0.29, 0.717) is 12.0 Å². The Bertz CT molecular complexity index is 1780. The zero-order chi connectivity index (χ0) is 30.9. The molecule has 0 aliphatic heterocycles. The van der Waals surface area contributed by atoms with E-state index in [4.69, 9.17) is 4.84 Å². The summed E-state index contributed by atoms with van der Waals surface area (Å²) in [5.74, 6) is -1.49. The zero-order valence-corrected chi connectivity index (χ0v) is 24.0. The lowest BCUT2D eigenvalue weighted by Gasteiger charge is -2.20. The fraction of sp³-hybridized carbons (Fsp3) is 0.125. The van der Waals surface area contributed by atoms with Crippen molar-refractivity contribution in [3.05, 3.63) is 135 Å². The van der Waals surface area contributed by atoms with Crippen molar-refractivity contribution in [2.75, 3.05) is 5.06 Å². The number of benzene rings is 3. The molecule has 0 aliphatic rings. The van der Waals surface area contributed by atoms with Gasteiger partial charge in [-0.05, 0) is 35.4 Å². The van der Waals surface area contributed by atoms with E-state index in [1.807, 2.05) is 36.4 Å². The third-order valence-electron chi connectivity index (χ3n) is 6.56. The molecule has 222 valence electrons. The maximum Gasteiger partial charge on any atom is 0.280 e. The van der Waals surface area contributed by atoms with Crippen LogP contribution in [0.2, 0.25) is 0 Å². The first-order chi connectivity index (χ1) is 21.4. The normalized spacial score (nSPS) is 11.5. The van der Waals surface area contributed by atoms with Crippen molar-refractivity contribution in [2.45, 2.75) is 25.6 Å². The van der Waals surface area contributed by atoms with Gasteiger partial charge >= 0.3 is 0 Å². The van der Waals surface area contributed by atoms with Crippen LogP contribution in [0.15, 0.2) is 107 Å². The summed E-state index contributed by atoms with van der Waals surface area (Å²) in [5.41, 5.74) is 0.914. The number of nitrogens with one attached hydrogen (secondary N) is 1. The lowest BCUT2D eigenvalue weighted by atomic mass is 10.0. The minimum Gasteiger partial charge on any atom is -0.344 e. The molecule has 0 radical (unpaired) electrons. The fourth-order valence-corrected chi connectivity index (χ4v) is 5.05. The van der Waals surface area contributed by atoms with Gasteiger partial charge in [0.2, 0.25) is 18.1 Å². The molecular formula is C32H26FN5O5S. The van der Waals surface area contributed by atoms with Gasteiger partial charge in [0.25, 0.3) is 5.56 Å². The van der Waals surface area contributed by atoms with Crippen LogP contribution in [0.3, 0.4) is 0 Å². The number of hydrogen-bond donors (Lipinski definition) is 1. The molecule has 0 aliphatic carbocycles. The van der Waals surface area contributed by atoms with E-state index in [1.54, 1.807) is 29.6 Å². The van der Waals surface area contributed by atoms with Crippen molar-refractivity contribution in [2.24, 2.45) is 0 Å². The minimum atomic E-state index is -0.974. The molecule has 3 aromatic carbocycles. The van der Waals surface area contributed by atoms with E-state index in [2.05, 4.69) is 15.3 Å². The molecule has 0 bridgehead atoms. The van der Waals surface area contributed by atoms with Crippen LogP contribution in [0, 0.1) is 5.82 Å². The summed E-state index contributed by atoms with van der Waals surface area (Å²) in [6.07, 6.45) is 3.17. The topological polar surface area (TPSA) is 123 Å². The Morgan fingerprint density at radius 1 is 0.977 bits per heavy atom. The van der Waals surface area contributed by atoms with Crippen LogP contribution in [-0.4, -0.2) is 38.7 Å². The van der Waals surface area contributed by atoms with Crippen molar-refractivity contribution < 1.29 is 23.6 Å². The van der Waals surface area contributed by atoms with Gasteiger partial charge in [0.15, 0.2) is 10.7 Å². The number of rotatable bonds is 13. The van der Waals surface area contributed by atoms with Gasteiger partial charge in [0.1, 0.15) is 24.8 Å². The molecule has 10 nitrogen and oxygen atoms in total. The molecule has 0 saturated heterocycles. The molecule has 0 spiro atoms. The Labute approximate surface area is 255 Å². The largest absolute Gasteiger partial charge is 0.344 e. The van der Waals surface area contributed by atoms with Crippen LogP contribution in [0.1, 0.15) is 20.9 Å². The lowest BCUT2D eigenvalue weighted by Crippen LogP contribution is -2.45. The monoisotopic (exact) mass is 611 g/mol. The number of hydroxylamine groups is 1. The van der Waals surface area contributed by atoms with Gasteiger partial charge in [-0.2, -0.15) is 5.06 Å². The van der Waals surface area contributed by atoms with Crippen LogP contribution in [0.4, 0.5) is 10.1 Å². The van der Waals surface area contributed by atoms with Crippen LogP contribution < -0.4 is 15.9 Å². The molecule has 5 rings (SSSR count). The minimum absolute atomic E-state index is 0.0146. The van der Waals surface area contributed by atoms with Gasteiger partial charge < -0.3 is 5.32 Å². The third kappa shape index (κ3) is 7.35. The predicted molar refractivity (Wildman–Crippen MR) is 162 cm³/mol. The highest BCUT2D eigenvalue weighted by molar-refractivity contribution is 7.11. The first-order valence-electron chi connectivity index (χ1n) is 13.5. The van der Waals surface area contributed by atoms with Crippen LogP contribution in [-0.2, 0) is 34.0 Å². The van der Waals surface area contributed by atoms with Gasteiger partial charge in [-0.1, -0.05) is 60.7 Å². The van der Waals surface area contributed by atoms with Crippen molar-refractivity contribution in [1.29, 1.82) is 0 Å². The number of carbonyl (C=O) groups excluding carboxylic acids is 3. The number of anilines is 1. The highest BCUT2D eigenvalue weighted by Gasteiger charge is 2.26. The fourth-order valence-electron chi connectivity index (χ4n) is 4.42. The molecule has 1 unspecified atom stereocenters. The number of nitrogens with zero attached hydrogens (tertiary/aromatic N) is 4. The Morgan fingerprint density at radius 3 is 2.30 bits per heavy atom. The predicted octanol–water partition coefficient (Wildman–Crippen LogP) is 4.21. The molecule has 0 fully saturated rings. The maximum atomic E-state index is 13.8. The molecule has 2 aromatic heterocycles. The van der Waals surface area contributed by atoms with Crippen molar-refractivity contribution in [3.63, 3.8) is 0 Å². The summed E-state index contributed by atoms with van der Waals surface area (Å²) in [6, 6.07) is 22.4. The van der Waals surface area contributed by atoms with Crippen LogP contribution in [0.5, 0.6) is 0 Å². The van der Waals surface area contributed by atoms with Crippen molar-refractivity contribution in [3.8, 4) is 11.4 Å². The van der Waals surface area contributed by atoms with E-state index in [9.17, 15) is 23.6 Å². The van der Waals surface area contributed by atoms with Crippen LogP contribution in [0.25, 0.3) is 11.4 Å². The number of amides is 2. The summed E-state index contributed by atoms with van der Waals surface area (Å²) in [5, 5.41) is 5.39. The molecule has 1 atom stereocenters. The van der Waals surface area contributed by atoms with Gasteiger partial charge in [0.05, 0.1) is 12.2 Å². The zero-order valence-electron chi connectivity index (χ0n) is 23.2. The molecule has 0 saturated carbocycles. The van der Waals surface area contributed by atoms with Gasteiger partial charge in [-0.25, -0.2) is 14.4 Å². The highest BCUT2D eigenvalue weighted by Crippen LogP contribution is 2.19. The summed E-state index contributed by atoms with van der Waals surface area (Å²) in [4.78, 5) is 66.6. The second-order valence-electron chi connectivity index (χ2n) is 9.57. The Hall–Kier alpha value is -5.33. The molecule has 2 amide bonds. The van der Waals surface area contributed by atoms with Gasteiger partial charge in [-0.3, -0.25) is 28.6 Å². The Kier molecular flexibility index (Phi) is 9.74. The third-order valence-corrected chi connectivity index (χ3v) is 7.34. The lowest BCUT2D eigenvalue weighted by molar-refractivity contribution is -0.122. The Balaban J connectivity index is 1.46. The SMILES string of the molecule is O=CN(OCc1ccccc1)c1cnc(-c2ccc(F)cc2)n(CC(=O)NC(Cc2ccccc2)C(=O)c2nccs2)c1=O. The molecule has 44 heavy (non-hydrogen) atoms. The number of hydrogen-bond acceptors (Lipinski definition) is 8. The van der Waals surface area contributed by atoms with Gasteiger partial charge in [0, 0.05) is 23.6 Å². The number of thiazole rings is 1. The van der Waals surface area contributed by atoms with Gasteiger partial charge in [-0.15, -0.1) is 11.3 Å². The van der Waals surface area contributed by atoms with E-state index >= 15 is 0 Å². The molecule has 1 N–H and O–H groups in total. The molecule has 2 heterocycles. The average molecular weight is 612 g/mol. The first kappa shape index (κ1) is 30.1. The second-order valence-corrected chi connectivity index (χ2v) is 10.5. The summed E-state index contributed by atoms with van der Waals surface area (Å²) < 4.78 is 14.7. The highest BCUT2D eigenvalue weighted by atomic mass is 32.1. The van der Waals surface area contributed by atoms with E-state index in [-0.39, 0.29) is 35.3 Å². The average Bonchev–Trinajstić information content (AvgIpc) is 3.59. The van der Waals surface area contributed by atoms with E-state index in [1.165, 1.54) is 30.5 Å². The second kappa shape index (κ2) is 14.2. The number of Topliss-reactive ketones (excluding diaryl/α,β-unsaturated/α-hetero) is 1. The van der Waals surface area contributed by atoms with E-state index in [0.717, 1.165) is 38.3 Å². The van der Waals surface area contributed by atoms with E-state index < -0.39 is 29.9 Å². The molecular weight excluding hydrogens is 585 g/mol. The molecule has 5 aromatic rings. The number of halogens is 1.